The summed E-state index contributed by atoms with van der Waals surface area (Å²) in [4.78, 5) is 0. The molecule has 16 heavy (non-hydrogen) atoms. The Balaban J connectivity index is 1.66. The minimum Gasteiger partial charge on any atom is -0.497 e. The van der Waals surface area contributed by atoms with E-state index in [0.717, 1.165) is 23.3 Å². The van der Waals surface area contributed by atoms with Crippen LogP contribution < -0.4 is 9.47 Å². The van der Waals surface area contributed by atoms with Gasteiger partial charge in [0.15, 0.2) is 0 Å². The smallest absolute Gasteiger partial charge is 0.120 e. The van der Waals surface area contributed by atoms with Crippen LogP contribution in [0.4, 0.5) is 0 Å². The predicted molar refractivity (Wildman–Crippen MR) is 62.9 cm³/mol. The molecular weight excluding hydrogens is 200 g/mol. The van der Waals surface area contributed by atoms with Crippen molar-refractivity contribution in [3.8, 4) is 11.5 Å². The summed E-state index contributed by atoms with van der Waals surface area (Å²) in [6.07, 6.45) is 5.91. The molecule has 1 aromatic rings. The maximum atomic E-state index is 6.11. The molecule has 2 saturated carbocycles. The highest BCUT2D eigenvalue weighted by Gasteiger charge is 2.43. The zero-order chi connectivity index (χ0) is 11.0. The van der Waals surface area contributed by atoms with Gasteiger partial charge in [-0.05, 0) is 61.8 Å². The first-order valence-corrected chi connectivity index (χ1v) is 6.17. The van der Waals surface area contributed by atoms with Crippen molar-refractivity contribution in [1.82, 2.24) is 0 Å². The number of benzene rings is 1. The van der Waals surface area contributed by atoms with Gasteiger partial charge in [0.05, 0.1) is 7.11 Å². The Kier molecular flexibility index (Phi) is 2.50. The topological polar surface area (TPSA) is 18.5 Å². The van der Waals surface area contributed by atoms with Crippen molar-refractivity contribution >= 4 is 0 Å². The minimum absolute atomic E-state index is 0.480. The van der Waals surface area contributed by atoms with Crippen molar-refractivity contribution in [2.24, 2.45) is 11.8 Å². The summed E-state index contributed by atoms with van der Waals surface area (Å²) in [5, 5.41) is 0. The molecular formula is C14H18O2. The Bertz CT molecular complexity index is 338. The zero-order valence-electron chi connectivity index (χ0n) is 9.69. The monoisotopic (exact) mass is 218 g/mol. The van der Waals surface area contributed by atoms with Crippen molar-refractivity contribution in [2.75, 3.05) is 7.11 Å². The number of ether oxygens (including phenoxy) is 2. The quantitative estimate of drug-likeness (QED) is 0.755. The van der Waals surface area contributed by atoms with Crippen LogP contribution in [-0.2, 0) is 0 Å². The summed E-state index contributed by atoms with van der Waals surface area (Å²) in [6, 6.07) is 7.95. The van der Waals surface area contributed by atoms with E-state index in [4.69, 9.17) is 9.47 Å². The Morgan fingerprint density at radius 1 is 0.938 bits per heavy atom. The van der Waals surface area contributed by atoms with Crippen LogP contribution in [0, 0.1) is 11.8 Å². The van der Waals surface area contributed by atoms with Crippen LogP contribution in [0.25, 0.3) is 0 Å². The summed E-state index contributed by atoms with van der Waals surface area (Å²) in [6.45, 7) is 0. The number of rotatable bonds is 5. The largest absolute Gasteiger partial charge is 0.497 e. The Labute approximate surface area is 96.6 Å². The second-order valence-electron chi connectivity index (χ2n) is 4.93. The van der Waals surface area contributed by atoms with Crippen LogP contribution >= 0.6 is 0 Å². The number of hydrogen-bond acceptors (Lipinski definition) is 2. The van der Waals surface area contributed by atoms with Gasteiger partial charge in [0.1, 0.15) is 17.6 Å². The van der Waals surface area contributed by atoms with Crippen molar-refractivity contribution in [3.63, 3.8) is 0 Å². The maximum absolute atomic E-state index is 6.11. The van der Waals surface area contributed by atoms with E-state index >= 15 is 0 Å². The summed E-state index contributed by atoms with van der Waals surface area (Å²) >= 11 is 0. The fraction of sp³-hybridized carbons (Fsp3) is 0.571. The van der Waals surface area contributed by atoms with Gasteiger partial charge >= 0.3 is 0 Å². The molecule has 2 heteroatoms. The first kappa shape index (κ1) is 10.0. The molecule has 86 valence electrons. The first-order valence-electron chi connectivity index (χ1n) is 6.17. The van der Waals surface area contributed by atoms with Gasteiger partial charge in [0.2, 0.25) is 0 Å². The molecule has 0 heterocycles. The average Bonchev–Trinajstić information content (AvgIpc) is 3.19. The predicted octanol–water partition coefficient (Wildman–Crippen LogP) is 3.26. The lowest BCUT2D eigenvalue weighted by Crippen LogP contribution is -2.21. The van der Waals surface area contributed by atoms with E-state index < -0.39 is 0 Å². The third kappa shape index (κ3) is 2.16. The number of methoxy groups -OCH3 is 1. The molecule has 0 saturated heterocycles. The fourth-order valence-corrected chi connectivity index (χ4v) is 2.24. The average molecular weight is 218 g/mol. The molecule has 0 aliphatic heterocycles. The molecule has 0 N–H and O–H groups in total. The van der Waals surface area contributed by atoms with E-state index in [-0.39, 0.29) is 0 Å². The van der Waals surface area contributed by atoms with Crippen LogP contribution in [0.15, 0.2) is 24.3 Å². The van der Waals surface area contributed by atoms with Crippen LogP contribution in [-0.4, -0.2) is 13.2 Å². The first-order chi connectivity index (χ1) is 7.86. The zero-order valence-corrected chi connectivity index (χ0v) is 9.69. The fourth-order valence-electron chi connectivity index (χ4n) is 2.24. The maximum Gasteiger partial charge on any atom is 0.120 e. The van der Waals surface area contributed by atoms with E-state index in [1.165, 1.54) is 25.7 Å². The molecule has 0 radical (unpaired) electrons. The molecule has 0 aromatic heterocycles. The van der Waals surface area contributed by atoms with Gasteiger partial charge in [-0.1, -0.05) is 0 Å². The van der Waals surface area contributed by atoms with E-state index in [1.807, 2.05) is 24.3 Å². The van der Waals surface area contributed by atoms with Gasteiger partial charge in [0.25, 0.3) is 0 Å². The summed E-state index contributed by atoms with van der Waals surface area (Å²) in [5.74, 6) is 3.54. The van der Waals surface area contributed by atoms with Gasteiger partial charge in [-0.3, -0.25) is 0 Å². The molecule has 2 fully saturated rings. The van der Waals surface area contributed by atoms with E-state index in [0.29, 0.717) is 6.10 Å². The lowest BCUT2D eigenvalue weighted by atomic mass is 10.1. The summed E-state index contributed by atoms with van der Waals surface area (Å²) < 4.78 is 11.2. The van der Waals surface area contributed by atoms with Gasteiger partial charge in [-0.2, -0.15) is 0 Å². The molecule has 2 nitrogen and oxygen atoms in total. The summed E-state index contributed by atoms with van der Waals surface area (Å²) in [7, 11) is 1.69. The van der Waals surface area contributed by atoms with E-state index in [1.54, 1.807) is 7.11 Å². The summed E-state index contributed by atoms with van der Waals surface area (Å²) in [5.41, 5.74) is 0. The van der Waals surface area contributed by atoms with E-state index in [9.17, 15) is 0 Å². The highest BCUT2D eigenvalue weighted by Crippen LogP contribution is 2.46. The molecule has 0 spiro atoms. The lowest BCUT2D eigenvalue weighted by molar-refractivity contribution is 0.155. The lowest BCUT2D eigenvalue weighted by Gasteiger charge is -2.18. The van der Waals surface area contributed by atoms with Crippen LogP contribution in [0.1, 0.15) is 25.7 Å². The normalized spacial score (nSPS) is 19.9. The van der Waals surface area contributed by atoms with Crippen molar-refractivity contribution in [2.45, 2.75) is 31.8 Å². The Hall–Kier alpha value is -1.18. The van der Waals surface area contributed by atoms with Crippen LogP contribution in [0.5, 0.6) is 11.5 Å². The van der Waals surface area contributed by atoms with Gasteiger partial charge in [-0.25, -0.2) is 0 Å². The molecule has 0 unspecified atom stereocenters. The minimum atomic E-state index is 0.480. The van der Waals surface area contributed by atoms with Gasteiger partial charge in [-0.15, -0.1) is 0 Å². The van der Waals surface area contributed by atoms with Crippen LogP contribution in [0.3, 0.4) is 0 Å². The molecule has 0 bridgehead atoms. The third-order valence-corrected chi connectivity index (χ3v) is 3.50. The Morgan fingerprint density at radius 2 is 1.44 bits per heavy atom. The molecule has 0 amide bonds. The second-order valence-corrected chi connectivity index (χ2v) is 4.93. The molecule has 1 aromatic carbocycles. The van der Waals surface area contributed by atoms with Gasteiger partial charge < -0.3 is 9.47 Å². The highest BCUT2D eigenvalue weighted by atomic mass is 16.5. The van der Waals surface area contributed by atoms with Crippen molar-refractivity contribution in [1.29, 1.82) is 0 Å². The van der Waals surface area contributed by atoms with Crippen molar-refractivity contribution in [3.05, 3.63) is 24.3 Å². The SMILES string of the molecule is COc1ccc(OC(C2CC2)C2CC2)cc1. The van der Waals surface area contributed by atoms with Gasteiger partial charge in [0, 0.05) is 0 Å². The standard InChI is InChI=1S/C14H18O2/c1-15-12-6-8-13(9-7-12)16-14(10-2-3-10)11-4-5-11/h6-11,14H,2-5H2,1H3. The molecule has 2 aliphatic carbocycles. The molecule has 3 rings (SSSR count). The second kappa shape index (κ2) is 4.00. The Morgan fingerprint density at radius 3 is 1.88 bits per heavy atom. The number of hydrogen-bond donors (Lipinski definition) is 0. The van der Waals surface area contributed by atoms with E-state index in [2.05, 4.69) is 0 Å². The van der Waals surface area contributed by atoms with Crippen LogP contribution in [0.2, 0.25) is 0 Å². The highest BCUT2D eigenvalue weighted by molar-refractivity contribution is 5.31. The molecule has 2 aliphatic rings. The van der Waals surface area contributed by atoms with Crippen molar-refractivity contribution < 1.29 is 9.47 Å². The molecule has 0 atom stereocenters. The third-order valence-electron chi connectivity index (χ3n) is 3.50.